The van der Waals surface area contributed by atoms with Crippen LogP contribution in [0.4, 0.5) is 23.2 Å². The Hall–Kier alpha value is -3.08. The summed E-state index contributed by atoms with van der Waals surface area (Å²) in [6.45, 7) is 0.799. The molecular formula is C25H20ClF4NO4S. The lowest BCUT2D eigenvalue weighted by molar-refractivity contribution is -0.137. The lowest BCUT2D eigenvalue weighted by Gasteiger charge is -2.35. The molecule has 0 amide bonds. The van der Waals surface area contributed by atoms with E-state index in [0.29, 0.717) is 17.2 Å². The molecule has 1 N–H and O–H groups in total. The third kappa shape index (κ3) is 5.07. The van der Waals surface area contributed by atoms with Gasteiger partial charge in [0, 0.05) is 5.56 Å². The van der Waals surface area contributed by atoms with Crippen molar-refractivity contribution >= 4 is 39.0 Å². The molecule has 1 heterocycles. The number of fused-ring (bicyclic) bond motifs is 1. The summed E-state index contributed by atoms with van der Waals surface area (Å²) >= 11 is 6.14. The third-order valence-electron chi connectivity index (χ3n) is 5.61. The molecule has 0 radical (unpaired) electrons. The van der Waals surface area contributed by atoms with Crippen LogP contribution in [0.5, 0.6) is 5.75 Å². The van der Waals surface area contributed by atoms with E-state index in [9.17, 15) is 31.1 Å². The second-order valence-electron chi connectivity index (χ2n) is 8.14. The molecule has 5 nitrogen and oxygen atoms in total. The monoisotopic (exact) mass is 541 g/mol. The van der Waals surface area contributed by atoms with Crippen molar-refractivity contribution in [1.29, 1.82) is 0 Å². The number of alkyl halides is 3. The van der Waals surface area contributed by atoms with Crippen LogP contribution in [0.25, 0.3) is 11.6 Å². The predicted molar refractivity (Wildman–Crippen MR) is 129 cm³/mol. The number of allylic oxidation sites excluding steroid dienone is 1. The summed E-state index contributed by atoms with van der Waals surface area (Å²) in [7, 11) is -4.47. The number of anilines is 1. The number of halogens is 5. The molecule has 3 aromatic carbocycles. The zero-order valence-electron chi connectivity index (χ0n) is 18.8. The van der Waals surface area contributed by atoms with E-state index in [1.54, 1.807) is 19.1 Å². The Morgan fingerprint density at radius 1 is 1.17 bits per heavy atom. The summed E-state index contributed by atoms with van der Waals surface area (Å²) < 4.78 is 87.5. The fourth-order valence-corrected chi connectivity index (χ4v) is 5.76. The van der Waals surface area contributed by atoms with Crippen molar-refractivity contribution in [2.24, 2.45) is 0 Å². The van der Waals surface area contributed by atoms with Crippen LogP contribution in [0.3, 0.4) is 0 Å². The van der Waals surface area contributed by atoms with Crippen LogP contribution in [0, 0.1) is 5.82 Å². The molecule has 0 aliphatic carbocycles. The lowest BCUT2D eigenvalue weighted by Crippen LogP contribution is -2.45. The second kappa shape index (κ2) is 9.76. The summed E-state index contributed by atoms with van der Waals surface area (Å²) in [4.78, 5) is -0.558. The van der Waals surface area contributed by atoms with Gasteiger partial charge in [-0.3, -0.25) is 4.31 Å². The quantitative estimate of drug-likeness (QED) is 0.317. The minimum absolute atomic E-state index is 0.0679. The number of ether oxygens (including phenoxy) is 1. The van der Waals surface area contributed by atoms with E-state index in [1.165, 1.54) is 30.3 Å². The normalized spacial score (nSPS) is 16.5. The number of hydrogen-bond acceptors (Lipinski definition) is 4. The smallest absolute Gasteiger partial charge is 0.416 e. The number of sulfonamides is 1. The molecule has 0 fully saturated rings. The van der Waals surface area contributed by atoms with Crippen LogP contribution < -0.4 is 9.04 Å². The van der Waals surface area contributed by atoms with Gasteiger partial charge in [-0.15, -0.1) is 0 Å². The zero-order valence-corrected chi connectivity index (χ0v) is 20.3. The standard InChI is InChI=1S/C25H20ClF4NO4S/c1-15(24-20(26)6-3-7-21(24)27)10-16-8-9-23-22(11-16)31(13-18(14-32)35-23)36(33,34)19-5-2-4-17(12-19)25(28,29)30/h2-12,18,32H,13-14H2,1H3/t18-/m1/s1. The molecule has 3 aromatic rings. The van der Waals surface area contributed by atoms with Gasteiger partial charge in [-0.2, -0.15) is 13.2 Å². The van der Waals surface area contributed by atoms with Crippen LogP contribution in [-0.4, -0.2) is 32.8 Å². The molecule has 0 unspecified atom stereocenters. The van der Waals surface area contributed by atoms with Gasteiger partial charge in [0.15, 0.2) is 0 Å². The highest BCUT2D eigenvalue weighted by molar-refractivity contribution is 7.92. The van der Waals surface area contributed by atoms with Crippen molar-refractivity contribution in [3.63, 3.8) is 0 Å². The maximum absolute atomic E-state index is 14.3. The summed E-state index contributed by atoms with van der Waals surface area (Å²) in [5.41, 5.74) is 0.0845. The molecule has 0 saturated carbocycles. The molecule has 0 bridgehead atoms. The van der Waals surface area contributed by atoms with Crippen molar-refractivity contribution in [2.45, 2.75) is 24.1 Å². The first-order valence-electron chi connectivity index (χ1n) is 10.7. The van der Waals surface area contributed by atoms with E-state index in [0.717, 1.165) is 22.5 Å². The largest absolute Gasteiger partial charge is 0.484 e. The van der Waals surface area contributed by atoms with Gasteiger partial charge in [-0.25, -0.2) is 12.8 Å². The molecule has 11 heteroatoms. The Balaban J connectivity index is 1.80. The molecule has 0 spiro atoms. The van der Waals surface area contributed by atoms with E-state index in [-0.39, 0.29) is 28.6 Å². The van der Waals surface area contributed by atoms with Gasteiger partial charge in [0.2, 0.25) is 0 Å². The van der Waals surface area contributed by atoms with Crippen LogP contribution >= 0.6 is 11.6 Å². The maximum atomic E-state index is 14.3. The Kier molecular flexibility index (Phi) is 7.05. The summed E-state index contributed by atoms with van der Waals surface area (Å²) in [6.07, 6.45) is -4.07. The van der Waals surface area contributed by atoms with Crippen LogP contribution in [0.15, 0.2) is 65.6 Å². The third-order valence-corrected chi connectivity index (χ3v) is 7.70. The minimum Gasteiger partial charge on any atom is -0.484 e. The highest BCUT2D eigenvalue weighted by atomic mass is 35.5. The Labute approximate surface area is 210 Å². The molecule has 190 valence electrons. The van der Waals surface area contributed by atoms with E-state index in [4.69, 9.17) is 16.3 Å². The first kappa shape index (κ1) is 26.0. The van der Waals surface area contributed by atoms with Crippen molar-refractivity contribution in [2.75, 3.05) is 17.5 Å². The van der Waals surface area contributed by atoms with Crippen molar-refractivity contribution in [3.8, 4) is 5.75 Å². The van der Waals surface area contributed by atoms with E-state index >= 15 is 0 Å². The molecule has 0 aromatic heterocycles. The van der Waals surface area contributed by atoms with Crippen LogP contribution in [-0.2, 0) is 16.2 Å². The van der Waals surface area contributed by atoms with Gasteiger partial charge in [0.25, 0.3) is 10.0 Å². The molecule has 1 aliphatic rings. The number of rotatable bonds is 5. The fraction of sp³-hybridized carbons (Fsp3) is 0.200. The fourth-order valence-electron chi connectivity index (χ4n) is 3.90. The zero-order chi connectivity index (χ0) is 26.3. The van der Waals surface area contributed by atoms with Gasteiger partial charge < -0.3 is 9.84 Å². The van der Waals surface area contributed by atoms with E-state index < -0.39 is 45.2 Å². The van der Waals surface area contributed by atoms with Crippen molar-refractivity contribution in [3.05, 3.63) is 88.2 Å². The van der Waals surface area contributed by atoms with Crippen LogP contribution in [0.2, 0.25) is 5.02 Å². The van der Waals surface area contributed by atoms with Gasteiger partial charge in [-0.1, -0.05) is 35.9 Å². The van der Waals surface area contributed by atoms with Crippen LogP contribution in [0.1, 0.15) is 23.6 Å². The molecule has 4 rings (SSSR count). The Bertz CT molecular complexity index is 1420. The van der Waals surface area contributed by atoms with Gasteiger partial charge in [0.1, 0.15) is 17.7 Å². The van der Waals surface area contributed by atoms with Gasteiger partial charge in [0.05, 0.1) is 34.3 Å². The summed E-state index contributed by atoms with van der Waals surface area (Å²) in [5, 5.41) is 9.82. The predicted octanol–water partition coefficient (Wildman–Crippen LogP) is 6.01. The SMILES string of the molecule is CC(=Cc1ccc2c(c1)N(S(=O)(=O)c1cccc(C(F)(F)F)c1)C[C@H](CO)O2)c1c(F)cccc1Cl. The summed E-state index contributed by atoms with van der Waals surface area (Å²) in [5.74, 6) is -0.411. The highest BCUT2D eigenvalue weighted by Gasteiger charge is 2.37. The first-order valence-corrected chi connectivity index (χ1v) is 12.5. The molecule has 36 heavy (non-hydrogen) atoms. The first-order chi connectivity index (χ1) is 16.9. The van der Waals surface area contributed by atoms with Crippen molar-refractivity contribution in [1.82, 2.24) is 0 Å². The van der Waals surface area contributed by atoms with Crippen molar-refractivity contribution < 1.29 is 35.8 Å². The minimum atomic E-state index is -4.73. The summed E-state index contributed by atoms with van der Waals surface area (Å²) in [6, 6.07) is 12.2. The molecule has 1 atom stereocenters. The average Bonchev–Trinajstić information content (AvgIpc) is 2.82. The number of aliphatic hydroxyl groups is 1. The molecule has 0 saturated heterocycles. The van der Waals surface area contributed by atoms with Gasteiger partial charge in [-0.05, 0) is 60.5 Å². The Morgan fingerprint density at radius 3 is 2.56 bits per heavy atom. The van der Waals surface area contributed by atoms with Gasteiger partial charge >= 0.3 is 6.18 Å². The number of hydrogen-bond donors (Lipinski definition) is 1. The van der Waals surface area contributed by atoms with E-state index in [1.807, 2.05) is 0 Å². The molecule has 1 aliphatic heterocycles. The molecular weight excluding hydrogens is 522 g/mol. The second-order valence-corrected chi connectivity index (χ2v) is 10.4. The maximum Gasteiger partial charge on any atom is 0.416 e. The Morgan fingerprint density at radius 2 is 1.89 bits per heavy atom. The number of aliphatic hydroxyl groups excluding tert-OH is 1. The number of benzene rings is 3. The lowest BCUT2D eigenvalue weighted by atomic mass is 10.0. The number of nitrogens with zero attached hydrogens (tertiary/aromatic N) is 1. The highest BCUT2D eigenvalue weighted by Crippen LogP contribution is 2.40. The average molecular weight is 542 g/mol. The topological polar surface area (TPSA) is 66.8 Å². The van der Waals surface area contributed by atoms with E-state index in [2.05, 4.69) is 0 Å².